The maximum Gasteiger partial charge on any atom is 0.332 e. The molecule has 0 amide bonds. The van der Waals surface area contributed by atoms with Gasteiger partial charge in [-0.1, -0.05) is 104 Å². The fourth-order valence-electron chi connectivity index (χ4n) is 3.06. The topological polar surface area (TPSA) is 46.5 Å². The Balaban J connectivity index is 3.18. The van der Waals surface area contributed by atoms with Crippen LogP contribution in [-0.4, -0.2) is 23.8 Å². The largest absolute Gasteiger partial charge is 0.479 e. The molecule has 0 saturated carbocycles. The van der Waals surface area contributed by atoms with E-state index in [2.05, 4.69) is 6.92 Å². The quantitative estimate of drug-likeness (QED) is 0.264. The van der Waals surface area contributed by atoms with Crippen molar-refractivity contribution in [1.82, 2.24) is 0 Å². The van der Waals surface area contributed by atoms with Gasteiger partial charge in [0.2, 0.25) is 0 Å². The number of unbranched alkanes of at least 4 members (excludes halogenated alkanes) is 13. The summed E-state index contributed by atoms with van der Waals surface area (Å²) >= 11 is 0. The van der Waals surface area contributed by atoms with E-state index in [1.54, 1.807) is 0 Å². The fourth-order valence-corrected chi connectivity index (χ4v) is 3.06. The third-order valence-electron chi connectivity index (χ3n) is 4.64. The molecule has 0 rings (SSSR count). The predicted octanol–water partition coefficient (Wildman–Crippen LogP) is 6.74. The summed E-state index contributed by atoms with van der Waals surface area (Å²) in [5.74, 6) is -0.817. The molecule has 1 unspecified atom stereocenters. The van der Waals surface area contributed by atoms with Crippen molar-refractivity contribution in [2.45, 2.75) is 123 Å². The zero-order chi connectivity index (χ0) is 17.9. The van der Waals surface area contributed by atoms with Crippen LogP contribution in [0.2, 0.25) is 0 Å². The number of hydrogen-bond acceptors (Lipinski definition) is 2. The van der Waals surface area contributed by atoms with Crippen LogP contribution in [0.25, 0.3) is 0 Å². The van der Waals surface area contributed by atoms with Gasteiger partial charge in [0.05, 0.1) is 0 Å². The van der Waals surface area contributed by atoms with Gasteiger partial charge in [0.1, 0.15) is 0 Å². The molecule has 1 atom stereocenters. The third kappa shape index (κ3) is 16.3. The summed E-state index contributed by atoms with van der Waals surface area (Å²) in [6.45, 7) is 4.85. The van der Waals surface area contributed by atoms with E-state index in [-0.39, 0.29) is 0 Å². The van der Waals surface area contributed by atoms with Crippen LogP contribution in [-0.2, 0) is 9.53 Å². The molecule has 0 fully saturated rings. The Bertz CT molecular complexity index is 266. The second-order valence-corrected chi connectivity index (χ2v) is 7.08. The molecule has 144 valence electrons. The van der Waals surface area contributed by atoms with Crippen LogP contribution in [0, 0.1) is 0 Å². The highest BCUT2D eigenvalue weighted by atomic mass is 16.5. The first kappa shape index (κ1) is 23.4. The van der Waals surface area contributed by atoms with Gasteiger partial charge < -0.3 is 9.84 Å². The standard InChI is InChI=1S/C21H42O3/c1-3-5-6-7-8-9-10-11-12-13-14-15-16-17-19-24-20(18-4-2)21(22)23/h20H,3-19H2,1-2H3,(H,22,23). The average molecular weight is 343 g/mol. The van der Waals surface area contributed by atoms with Gasteiger partial charge in [0.25, 0.3) is 0 Å². The molecule has 1 N–H and O–H groups in total. The summed E-state index contributed by atoms with van der Waals surface area (Å²) in [6.07, 6.45) is 19.6. The van der Waals surface area contributed by atoms with Crippen LogP contribution < -0.4 is 0 Å². The second-order valence-electron chi connectivity index (χ2n) is 7.08. The van der Waals surface area contributed by atoms with Gasteiger partial charge in [0, 0.05) is 6.61 Å². The van der Waals surface area contributed by atoms with Crippen molar-refractivity contribution in [1.29, 1.82) is 0 Å². The van der Waals surface area contributed by atoms with Crippen molar-refractivity contribution in [3.63, 3.8) is 0 Å². The maximum absolute atomic E-state index is 10.9. The zero-order valence-corrected chi connectivity index (χ0v) is 16.4. The molecule has 0 aliphatic carbocycles. The van der Waals surface area contributed by atoms with Crippen molar-refractivity contribution >= 4 is 5.97 Å². The first-order valence-electron chi connectivity index (χ1n) is 10.6. The molecule has 3 nitrogen and oxygen atoms in total. The van der Waals surface area contributed by atoms with Crippen LogP contribution in [0.1, 0.15) is 117 Å². The summed E-state index contributed by atoms with van der Waals surface area (Å²) in [7, 11) is 0. The third-order valence-corrected chi connectivity index (χ3v) is 4.64. The Hall–Kier alpha value is -0.570. The maximum atomic E-state index is 10.9. The van der Waals surface area contributed by atoms with Crippen molar-refractivity contribution in [2.75, 3.05) is 6.61 Å². The lowest BCUT2D eigenvalue weighted by Crippen LogP contribution is -2.24. The Morgan fingerprint density at radius 1 is 0.708 bits per heavy atom. The molecule has 0 spiro atoms. The van der Waals surface area contributed by atoms with Gasteiger partial charge in [0.15, 0.2) is 6.10 Å². The summed E-state index contributed by atoms with van der Waals surface area (Å²) in [6, 6.07) is 0. The van der Waals surface area contributed by atoms with Crippen LogP contribution in [0.4, 0.5) is 0 Å². The number of carboxylic acid groups (broad SMARTS) is 1. The SMILES string of the molecule is CCCCCCCCCCCCCCCCOC(CCC)C(=O)O. The normalized spacial score (nSPS) is 12.4. The summed E-state index contributed by atoms with van der Waals surface area (Å²) in [5, 5.41) is 8.99. The van der Waals surface area contributed by atoms with Gasteiger partial charge in [-0.15, -0.1) is 0 Å². The second kappa shape index (κ2) is 18.8. The minimum atomic E-state index is -0.817. The van der Waals surface area contributed by atoms with Gasteiger partial charge in [-0.25, -0.2) is 4.79 Å². The first-order valence-corrected chi connectivity index (χ1v) is 10.6. The molecule has 3 heteroatoms. The summed E-state index contributed by atoms with van der Waals surface area (Å²) in [4.78, 5) is 10.9. The van der Waals surface area contributed by atoms with Crippen LogP contribution in [0.5, 0.6) is 0 Å². The van der Waals surface area contributed by atoms with Crippen molar-refractivity contribution in [2.24, 2.45) is 0 Å². The molecular formula is C21H42O3. The van der Waals surface area contributed by atoms with Gasteiger partial charge >= 0.3 is 5.97 Å². The predicted molar refractivity (Wildman–Crippen MR) is 103 cm³/mol. The van der Waals surface area contributed by atoms with E-state index in [1.807, 2.05) is 6.92 Å². The minimum Gasteiger partial charge on any atom is -0.479 e. The van der Waals surface area contributed by atoms with E-state index in [9.17, 15) is 4.79 Å². The van der Waals surface area contributed by atoms with E-state index < -0.39 is 12.1 Å². The fraction of sp³-hybridized carbons (Fsp3) is 0.952. The van der Waals surface area contributed by atoms with Gasteiger partial charge in [-0.3, -0.25) is 0 Å². The van der Waals surface area contributed by atoms with Gasteiger partial charge in [-0.2, -0.15) is 0 Å². The highest BCUT2D eigenvalue weighted by molar-refractivity contribution is 5.72. The smallest absolute Gasteiger partial charge is 0.332 e. The van der Waals surface area contributed by atoms with Crippen molar-refractivity contribution in [3.8, 4) is 0 Å². The highest BCUT2D eigenvalue weighted by Crippen LogP contribution is 2.13. The summed E-state index contributed by atoms with van der Waals surface area (Å²) in [5.41, 5.74) is 0. The Kier molecular flexibility index (Phi) is 18.3. The number of ether oxygens (including phenoxy) is 1. The average Bonchev–Trinajstić information content (AvgIpc) is 2.57. The van der Waals surface area contributed by atoms with Crippen molar-refractivity contribution < 1.29 is 14.6 Å². The van der Waals surface area contributed by atoms with Crippen LogP contribution in [0.3, 0.4) is 0 Å². The number of carboxylic acids is 1. The molecule has 0 saturated heterocycles. The van der Waals surface area contributed by atoms with Crippen molar-refractivity contribution in [3.05, 3.63) is 0 Å². The zero-order valence-electron chi connectivity index (χ0n) is 16.4. The molecule has 0 aromatic carbocycles. The lowest BCUT2D eigenvalue weighted by atomic mass is 10.0. The number of aliphatic carboxylic acids is 1. The molecule has 0 radical (unpaired) electrons. The number of carbonyl (C=O) groups is 1. The molecule has 0 bridgehead atoms. The molecule has 0 aliphatic rings. The van der Waals surface area contributed by atoms with E-state index in [0.29, 0.717) is 13.0 Å². The Morgan fingerprint density at radius 3 is 1.50 bits per heavy atom. The van der Waals surface area contributed by atoms with E-state index in [4.69, 9.17) is 9.84 Å². The van der Waals surface area contributed by atoms with Crippen LogP contribution in [0.15, 0.2) is 0 Å². The number of rotatable bonds is 19. The van der Waals surface area contributed by atoms with Gasteiger partial charge in [-0.05, 0) is 12.8 Å². The van der Waals surface area contributed by atoms with E-state index >= 15 is 0 Å². The molecule has 0 heterocycles. The first-order chi connectivity index (χ1) is 11.7. The molecule has 0 aromatic rings. The molecular weight excluding hydrogens is 300 g/mol. The lowest BCUT2D eigenvalue weighted by molar-refractivity contribution is -0.150. The Labute approximate surface area is 150 Å². The number of hydrogen-bond donors (Lipinski definition) is 1. The van der Waals surface area contributed by atoms with Crippen LogP contribution >= 0.6 is 0 Å². The van der Waals surface area contributed by atoms with E-state index in [1.165, 1.54) is 77.0 Å². The minimum absolute atomic E-state index is 0.592. The van der Waals surface area contributed by atoms with E-state index in [0.717, 1.165) is 19.3 Å². The Morgan fingerprint density at radius 2 is 1.12 bits per heavy atom. The molecule has 24 heavy (non-hydrogen) atoms. The molecule has 0 aromatic heterocycles. The summed E-state index contributed by atoms with van der Waals surface area (Å²) < 4.78 is 5.45. The lowest BCUT2D eigenvalue weighted by Gasteiger charge is -2.12. The monoisotopic (exact) mass is 342 g/mol. The highest BCUT2D eigenvalue weighted by Gasteiger charge is 2.15. The molecule has 0 aliphatic heterocycles.